The summed E-state index contributed by atoms with van der Waals surface area (Å²) < 4.78 is 0. The Hall–Kier alpha value is -0.790. The number of hydrogen-bond acceptors (Lipinski definition) is 1. The van der Waals surface area contributed by atoms with Crippen LogP contribution in [0.15, 0.2) is 12.2 Å². The molecule has 0 aliphatic rings. The van der Waals surface area contributed by atoms with Crippen molar-refractivity contribution in [3.05, 3.63) is 12.2 Å². The molecule has 0 aliphatic heterocycles. The maximum atomic E-state index is 11.7. The zero-order valence-corrected chi connectivity index (χ0v) is 13.9. The molecule has 0 saturated heterocycles. The number of rotatable bonds is 9. The van der Waals surface area contributed by atoms with Gasteiger partial charge in [-0.3, -0.25) is 4.79 Å². The Bertz CT molecular complexity index is 302. The van der Waals surface area contributed by atoms with E-state index in [-0.39, 0.29) is 11.3 Å². The quantitative estimate of drug-likeness (QED) is 0.603. The summed E-state index contributed by atoms with van der Waals surface area (Å²) in [5.41, 5.74) is 1.48. The minimum Gasteiger partial charge on any atom is -0.359 e. The second-order valence-corrected chi connectivity index (χ2v) is 7.08. The number of nitrogens with one attached hydrogen (secondary N) is 1. The van der Waals surface area contributed by atoms with Gasteiger partial charge in [0, 0.05) is 12.5 Å². The lowest BCUT2D eigenvalue weighted by Gasteiger charge is -2.24. The highest BCUT2D eigenvalue weighted by Crippen LogP contribution is 2.30. The van der Waals surface area contributed by atoms with Gasteiger partial charge >= 0.3 is 0 Å². The molecule has 0 fully saturated rings. The largest absolute Gasteiger partial charge is 0.359 e. The van der Waals surface area contributed by atoms with Gasteiger partial charge in [-0.1, -0.05) is 53.2 Å². The van der Waals surface area contributed by atoms with Gasteiger partial charge in [0.15, 0.2) is 0 Å². The molecule has 0 spiro atoms. The smallest absolute Gasteiger partial charge is 0.225 e. The third-order valence-corrected chi connectivity index (χ3v) is 4.29. The first-order chi connectivity index (χ1) is 8.64. The molecule has 1 amide bonds. The number of amides is 1. The van der Waals surface area contributed by atoms with Crippen LogP contribution in [-0.4, -0.2) is 13.0 Å². The highest BCUT2D eigenvalue weighted by molar-refractivity contribution is 5.81. The van der Waals surface area contributed by atoms with Crippen LogP contribution in [0.1, 0.15) is 73.1 Å². The summed E-state index contributed by atoms with van der Waals surface area (Å²) in [6.45, 7) is 15.1. The predicted octanol–water partition coefficient (Wildman–Crippen LogP) is 4.70. The molecule has 0 aromatic carbocycles. The Morgan fingerprint density at radius 3 is 2.16 bits per heavy atom. The van der Waals surface area contributed by atoms with E-state index in [4.69, 9.17) is 0 Å². The van der Waals surface area contributed by atoms with Crippen LogP contribution in [0, 0.1) is 10.8 Å². The second-order valence-electron chi connectivity index (χ2n) is 7.08. The summed E-state index contributed by atoms with van der Waals surface area (Å²) in [7, 11) is 1.70. The van der Waals surface area contributed by atoms with Crippen molar-refractivity contribution in [3.8, 4) is 0 Å². The molecule has 0 saturated carbocycles. The Labute approximate surface area is 120 Å². The SMILES string of the molecule is C=C(CCCC(C)(C)C(=O)NC)CCC(C)(C)CC. The van der Waals surface area contributed by atoms with Crippen molar-refractivity contribution in [2.45, 2.75) is 73.1 Å². The van der Waals surface area contributed by atoms with Crippen LogP contribution in [0.4, 0.5) is 0 Å². The van der Waals surface area contributed by atoms with Gasteiger partial charge in [0.1, 0.15) is 0 Å². The van der Waals surface area contributed by atoms with Crippen LogP contribution < -0.4 is 5.32 Å². The van der Waals surface area contributed by atoms with Crippen LogP contribution in [-0.2, 0) is 4.79 Å². The molecule has 0 atom stereocenters. The van der Waals surface area contributed by atoms with Crippen molar-refractivity contribution in [3.63, 3.8) is 0 Å². The van der Waals surface area contributed by atoms with Crippen LogP contribution in [0.2, 0.25) is 0 Å². The Kier molecular flexibility index (Phi) is 7.39. The molecule has 0 aromatic heterocycles. The maximum absolute atomic E-state index is 11.7. The van der Waals surface area contributed by atoms with Crippen molar-refractivity contribution in [1.29, 1.82) is 0 Å². The number of carbonyl (C=O) groups excluding carboxylic acids is 1. The third kappa shape index (κ3) is 7.39. The van der Waals surface area contributed by atoms with E-state index in [1.54, 1.807) is 7.05 Å². The number of hydrogen-bond donors (Lipinski definition) is 1. The van der Waals surface area contributed by atoms with Crippen molar-refractivity contribution in [1.82, 2.24) is 5.32 Å². The summed E-state index contributed by atoms with van der Waals surface area (Å²) in [5.74, 6) is 0.130. The highest BCUT2D eigenvalue weighted by atomic mass is 16.2. The average Bonchev–Trinajstić information content (AvgIpc) is 2.35. The van der Waals surface area contributed by atoms with Crippen molar-refractivity contribution >= 4 is 5.91 Å². The van der Waals surface area contributed by atoms with E-state index in [1.165, 1.54) is 18.4 Å². The minimum atomic E-state index is -0.266. The van der Waals surface area contributed by atoms with Crippen LogP contribution in [0.25, 0.3) is 0 Å². The molecule has 19 heavy (non-hydrogen) atoms. The molecule has 0 unspecified atom stereocenters. The van der Waals surface area contributed by atoms with Gasteiger partial charge in [-0.25, -0.2) is 0 Å². The van der Waals surface area contributed by atoms with Gasteiger partial charge in [0.25, 0.3) is 0 Å². The molecule has 0 aromatic rings. The fourth-order valence-electron chi connectivity index (χ4n) is 2.05. The fraction of sp³-hybridized carbons (Fsp3) is 0.824. The summed E-state index contributed by atoms with van der Waals surface area (Å²) in [4.78, 5) is 11.7. The molecule has 0 bridgehead atoms. The summed E-state index contributed by atoms with van der Waals surface area (Å²) in [5, 5.41) is 2.73. The van der Waals surface area contributed by atoms with E-state index in [1.807, 2.05) is 13.8 Å². The van der Waals surface area contributed by atoms with Crippen LogP contribution in [0.3, 0.4) is 0 Å². The molecule has 112 valence electrons. The van der Waals surface area contributed by atoms with Gasteiger partial charge in [-0.2, -0.15) is 0 Å². The zero-order chi connectivity index (χ0) is 15.1. The average molecular weight is 267 g/mol. The Balaban J connectivity index is 3.96. The van der Waals surface area contributed by atoms with Gasteiger partial charge in [-0.05, 0) is 37.5 Å². The van der Waals surface area contributed by atoms with Gasteiger partial charge < -0.3 is 5.32 Å². The first kappa shape index (κ1) is 18.2. The Morgan fingerprint density at radius 1 is 1.11 bits per heavy atom. The molecule has 2 nitrogen and oxygen atoms in total. The van der Waals surface area contributed by atoms with Gasteiger partial charge in [0.05, 0.1) is 0 Å². The van der Waals surface area contributed by atoms with E-state index < -0.39 is 0 Å². The third-order valence-electron chi connectivity index (χ3n) is 4.29. The van der Waals surface area contributed by atoms with Crippen molar-refractivity contribution < 1.29 is 4.79 Å². The van der Waals surface area contributed by atoms with E-state index in [0.29, 0.717) is 5.41 Å². The fourth-order valence-corrected chi connectivity index (χ4v) is 2.05. The van der Waals surface area contributed by atoms with E-state index in [0.717, 1.165) is 25.7 Å². The minimum absolute atomic E-state index is 0.130. The molecule has 0 rings (SSSR count). The zero-order valence-electron chi connectivity index (χ0n) is 13.9. The second kappa shape index (κ2) is 7.72. The molecule has 0 aliphatic carbocycles. The predicted molar refractivity (Wildman–Crippen MR) is 84.1 cm³/mol. The van der Waals surface area contributed by atoms with Crippen LogP contribution in [0.5, 0.6) is 0 Å². The Morgan fingerprint density at radius 2 is 1.68 bits per heavy atom. The topological polar surface area (TPSA) is 29.1 Å². The molecule has 2 heteroatoms. The molecule has 0 heterocycles. The number of carbonyl (C=O) groups is 1. The standard InChI is InChI=1S/C17H33NO/c1-8-16(3,4)13-11-14(2)10-9-12-17(5,6)15(19)18-7/h2,8-13H2,1,3-7H3,(H,18,19). The van der Waals surface area contributed by atoms with E-state index >= 15 is 0 Å². The lowest BCUT2D eigenvalue weighted by molar-refractivity contribution is -0.129. The molecular weight excluding hydrogens is 234 g/mol. The summed E-state index contributed by atoms with van der Waals surface area (Å²) >= 11 is 0. The highest BCUT2D eigenvalue weighted by Gasteiger charge is 2.25. The lowest BCUT2D eigenvalue weighted by Crippen LogP contribution is -2.34. The van der Waals surface area contributed by atoms with Crippen molar-refractivity contribution in [2.75, 3.05) is 7.05 Å². The monoisotopic (exact) mass is 267 g/mol. The molecular formula is C17H33NO. The normalized spacial score (nSPS) is 12.3. The van der Waals surface area contributed by atoms with Gasteiger partial charge in [-0.15, -0.1) is 0 Å². The van der Waals surface area contributed by atoms with Gasteiger partial charge in [0.2, 0.25) is 5.91 Å². The molecule has 0 radical (unpaired) electrons. The maximum Gasteiger partial charge on any atom is 0.225 e. The lowest BCUT2D eigenvalue weighted by atomic mass is 9.82. The van der Waals surface area contributed by atoms with Crippen LogP contribution >= 0.6 is 0 Å². The van der Waals surface area contributed by atoms with E-state index in [2.05, 4.69) is 32.7 Å². The van der Waals surface area contributed by atoms with E-state index in [9.17, 15) is 4.79 Å². The summed E-state index contributed by atoms with van der Waals surface area (Å²) in [6, 6.07) is 0. The molecule has 1 N–H and O–H groups in total. The van der Waals surface area contributed by atoms with Crippen molar-refractivity contribution in [2.24, 2.45) is 10.8 Å². The first-order valence-electron chi connectivity index (χ1n) is 7.53. The first-order valence-corrected chi connectivity index (χ1v) is 7.53. The summed E-state index contributed by atoms with van der Waals surface area (Å²) in [6.07, 6.45) is 6.54. The number of allylic oxidation sites excluding steroid dienone is 1.